The number of nitro groups is 1. The van der Waals surface area contributed by atoms with Gasteiger partial charge in [0.25, 0.3) is 5.69 Å². The number of benzene rings is 3. The van der Waals surface area contributed by atoms with Crippen LogP contribution in [0.15, 0.2) is 83.9 Å². The van der Waals surface area contributed by atoms with E-state index in [1.165, 1.54) is 24.3 Å². The van der Waals surface area contributed by atoms with Gasteiger partial charge in [-0.25, -0.2) is 8.42 Å². The fraction of sp³-hybridized carbons (Fsp3) is 0.0909. The number of hydrogen-bond acceptors (Lipinski definition) is 4. The number of H-pyrrole nitrogens is 1. The lowest BCUT2D eigenvalue weighted by atomic mass is 9.95. The highest BCUT2D eigenvalue weighted by molar-refractivity contribution is 7.89. The third kappa shape index (κ3) is 3.70. The van der Waals surface area contributed by atoms with Crippen LogP contribution in [0.5, 0.6) is 0 Å². The molecule has 2 N–H and O–H groups in total. The molecule has 0 radical (unpaired) electrons. The molecular formula is C22H19N3O4S. The van der Waals surface area contributed by atoms with Gasteiger partial charge in [0.15, 0.2) is 0 Å². The lowest BCUT2D eigenvalue weighted by Gasteiger charge is -2.21. The van der Waals surface area contributed by atoms with Gasteiger partial charge in [0.1, 0.15) is 0 Å². The summed E-state index contributed by atoms with van der Waals surface area (Å²) in [6.07, 6.45) is 1.81. The first-order valence-corrected chi connectivity index (χ1v) is 10.7. The van der Waals surface area contributed by atoms with Crippen molar-refractivity contribution in [1.29, 1.82) is 0 Å². The summed E-state index contributed by atoms with van der Waals surface area (Å²) in [5.41, 5.74) is 3.30. The number of rotatable bonds is 6. The predicted molar refractivity (Wildman–Crippen MR) is 115 cm³/mol. The summed E-state index contributed by atoms with van der Waals surface area (Å²) >= 11 is 0. The van der Waals surface area contributed by atoms with Gasteiger partial charge < -0.3 is 4.98 Å². The third-order valence-electron chi connectivity index (χ3n) is 5.06. The first-order valence-electron chi connectivity index (χ1n) is 9.25. The first-order chi connectivity index (χ1) is 14.4. The van der Waals surface area contributed by atoms with E-state index in [1.807, 2.05) is 55.5 Å². The molecule has 0 aliphatic heterocycles. The molecule has 1 heterocycles. The number of nitrogens with zero attached hydrogens (tertiary/aromatic N) is 1. The van der Waals surface area contributed by atoms with Crippen LogP contribution in [-0.2, 0) is 10.0 Å². The van der Waals surface area contributed by atoms with Crippen molar-refractivity contribution in [1.82, 2.24) is 9.71 Å². The van der Waals surface area contributed by atoms with E-state index in [1.54, 1.807) is 6.20 Å². The van der Waals surface area contributed by atoms with Crippen molar-refractivity contribution >= 4 is 26.6 Å². The molecular weight excluding hydrogens is 402 g/mol. The summed E-state index contributed by atoms with van der Waals surface area (Å²) in [5, 5.41) is 11.8. The van der Waals surface area contributed by atoms with E-state index >= 15 is 0 Å². The Labute approximate surface area is 173 Å². The summed E-state index contributed by atoms with van der Waals surface area (Å²) in [5.74, 6) is 0. The normalized spacial score (nSPS) is 12.7. The van der Waals surface area contributed by atoms with Crippen LogP contribution in [0.3, 0.4) is 0 Å². The van der Waals surface area contributed by atoms with Crippen LogP contribution in [0, 0.1) is 17.0 Å². The highest BCUT2D eigenvalue weighted by Gasteiger charge is 2.26. The van der Waals surface area contributed by atoms with E-state index in [-0.39, 0.29) is 10.6 Å². The van der Waals surface area contributed by atoms with Gasteiger partial charge >= 0.3 is 0 Å². The largest absolute Gasteiger partial charge is 0.361 e. The monoisotopic (exact) mass is 421 g/mol. The molecule has 0 aliphatic rings. The summed E-state index contributed by atoms with van der Waals surface area (Å²) < 4.78 is 29.1. The van der Waals surface area contributed by atoms with E-state index in [9.17, 15) is 18.5 Å². The highest BCUT2D eigenvalue weighted by Crippen LogP contribution is 2.32. The minimum Gasteiger partial charge on any atom is -0.361 e. The molecule has 4 aromatic rings. The number of aromatic amines is 1. The summed E-state index contributed by atoms with van der Waals surface area (Å²) in [7, 11) is -3.95. The van der Waals surface area contributed by atoms with Crippen molar-refractivity contribution in [3.8, 4) is 0 Å². The van der Waals surface area contributed by atoms with E-state index in [2.05, 4.69) is 9.71 Å². The first kappa shape index (κ1) is 19.8. The van der Waals surface area contributed by atoms with Crippen molar-refractivity contribution in [2.24, 2.45) is 0 Å². The van der Waals surface area contributed by atoms with Gasteiger partial charge in [-0.15, -0.1) is 0 Å². The zero-order chi connectivity index (χ0) is 21.3. The Morgan fingerprint density at radius 2 is 1.60 bits per heavy atom. The fourth-order valence-corrected chi connectivity index (χ4v) is 4.70. The molecule has 0 unspecified atom stereocenters. The number of hydrogen-bond donors (Lipinski definition) is 2. The van der Waals surface area contributed by atoms with Crippen molar-refractivity contribution in [2.45, 2.75) is 17.9 Å². The Kier molecular flexibility index (Phi) is 5.11. The average Bonchev–Trinajstić information content (AvgIpc) is 3.17. The lowest BCUT2D eigenvalue weighted by molar-refractivity contribution is -0.384. The summed E-state index contributed by atoms with van der Waals surface area (Å²) in [6, 6.07) is 19.5. The molecule has 0 bridgehead atoms. The second-order valence-corrected chi connectivity index (χ2v) is 8.67. The van der Waals surface area contributed by atoms with Crippen LogP contribution in [0.4, 0.5) is 5.69 Å². The van der Waals surface area contributed by atoms with Gasteiger partial charge in [-0.3, -0.25) is 10.1 Å². The Balaban J connectivity index is 1.80. The van der Waals surface area contributed by atoms with Gasteiger partial charge in [-0.05, 0) is 41.8 Å². The molecule has 0 fully saturated rings. The van der Waals surface area contributed by atoms with Crippen LogP contribution < -0.4 is 4.72 Å². The molecule has 3 aromatic carbocycles. The van der Waals surface area contributed by atoms with Crippen molar-refractivity contribution in [2.75, 3.05) is 0 Å². The summed E-state index contributed by atoms with van der Waals surface area (Å²) in [6.45, 7) is 1.93. The Morgan fingerprint density at radius 3 is 2.30 bits per heavy atom. The minimum absolute atomic E-state index is 0.0356. The molecule has 4 rings (SSSR count). The molecule has 1 atom stereocenters. The maximum absolute atomic E-state index is 13.1. The zero-order valence-corrected chi connectivity index (χ0v) is 16.9. The van der Waals surface area contributed by atoms with Crippen LogP contribution in [-0.4, -0.2) is 18.3 Å². The molecule has 0 amide bonds. The van der Waals surface area contributed by atoms with Crippen molar-refractivity contribution in [3.63, 3.8) is 0 Å². The minimum atomic E-state index is -3.95. The van der Waals surface area contributed by atoms with E-state index < -0.39 is 21.0 Å². The van der Waals surface area contributed by atoms with Crippen LogP contribution >= 0.6 is 0 Å². The number of non-ortho nitro benzene ring substituents is 1. The molecule has 1 aromatic heterocycles. The second-order valence-electron chi connectivity index (χ2n) is 6.95. The van der Waals surface area contributed by atoms with Crippen molar-refractivity contribution < 1.29 is 13.3 Å². The number of nitrogens with one attached hydrogen (secondary N) is 2. The van der Waals surface area contributed by atoms with E-state index in [4.69, 9.17) is 0 Å². The molecule has 30 heavy (non-hydrogen) atoms. The average molecular weight is 421 g/mol. The number of sulfonamides is 1. The SMILES string of the molecule is Cc1ccccc1[C@H](NS(=O)(=O)c1ccc([N+](=O)[O-])cc1)c1c[nH]c2ccccc12. The topological polar surface area (TPSA) is 105 Å². The van der Waals surface area contributed by atoms with Crippen LogP contribution in [0.25, 0.3) is 10.9 Å². The van der Waals surface area contributed by atoms with E-state index in [0.29, 0.717) is 0 Å². The second kappa shape index (κ2) is 7.74. The van der Waals surface area contributed by atoms with Crippen LogP contribution in [0.2, 0.25) is 0 Å². The number of para-hydroxylation sites is 1. The number of nitro benzene ring substituents is 1. The molecule has 0 saturated heterocycles. The Hall–Kier alpha value is -3.49. The summed E-state index contributed by atoms with van der Waals surface area (Å²) in [4.78, 5) is 13.5. The smallest absolute Gasteiger partial charge is 0.269 e. The van der Waals surface area contributed by atoms with Crippen LogP contribution in [0.1, 0.15) is 22.7 Å². The number of aryl methyl sites for hydroxylation is 1. The Morgan fingerprint density at radius 1 is 0.933 bits per heavy atom. The molecule has 0 aliphatic carbocycles. The molecule has 0 spiro atoms. The maximum Gasteiger partial charge on any atom is 0.269 e. The van der Waals surface area contributed by atoms with E-state index in [0.717, 1.165) is 27.6 Å². The van der Waals surface area contributed by atoms with Gasteiger partial charge in [0.05, 0.1) is 15.9 Å². The van der Waals surface area contributed by atoms with Crippen molar-refractivity contribution in [3.05, 3.63) is 106 Å². The Bertz CT molecular complexity index is 1330. The standard InChI is InChI=1S/C22H19N3O4S/c1-15-6-2-3-7-18(15)22(20-14-23-21-9-5-4-8-19(20)21)24-30(28,29)17-12-10-16(11-13-17)25(26)27/h2-14,22-24H,1H3/t22-/m0/s1. The zero-order valence-electron chi connectivity index (χ0n) is 16.1. The third-order valence-corrected chi connectivity index (χ3v) is 6.50. The molecule has 8 heteroatoms. The molecule has 0 saturated carbocycles. The van der Waals surface area contributed by atoms with Gasteiger partial charge in [0, 0.05) is 29.2 Å². The van der Waals surface area contributed by atoms with Gasteiger partial charge in [-0.1, -0.05) is 42.5 Å². The quantitative estimate of drug-likeness (QED) is 0.354. The van der Waals surface area contributed by atoms with Gasteiger partial charge in [-0.2, -0.15) is 4.72 Å². The number of aromatic nitrogens is 1. The lowest BCUT2D eigenvalue weighted by Crippen LogP contribution is -2.29. The predicted octanol–water partition coefficient (Wildman–Crippen LogP) is 4.45. The maximum atomic E-state index is 13.1. The fourth-order valence-electron chi connectivity index (χ4n) is 3.51. The highest BCUT2D eigenvalue weighted by atomic mass is 32.2. The van der Waals surface area contributed by atoms with Gasteiger partial charge in [0.2, 0.25) is 10.0 Å². The molecule has 7 nitrogen and oxygen atoms in total. The number of fused-ring (bicyclic) bond motifs is 1. The molecule has 152 valence electrons.